The van der Waals surface area contributed by atoms with Crippen molar-refractivity contribution in [2.24, 2.45) is 0 Å². The van der Waals surface area contributed by atoms with Gasteiger partial charge in [-0.15, -0.1) is 0 Å². The molecule has 15 heavy (non-hydrogen) atoms. The molecule has 3 heteroatoms. The van der Waals surface area contributed by atoms with Gasteiger partial charge >= 0.3 is 96.6 Å². The first-order chi connectivity index (χ1) is 7.29. The van der Waals surface area contributed by atoms with E-state index in [-0.39, 0.29) is 12.7 Å². The third-order valence-electron chi connectivity index (χ3n) is 2.60. The first-order valence-electron chi connectivity index (χ1n) is 5.27. The Kier molecular flexibility index (Phi) is 3.81. The quantitative estimate of drug-likeness (QED) is 0.830. The third kappa shape index (κ3) is 2.82. The van der Waals surface area contributed by atoms with Crippen molar-refractivity contribution < 1.29 is 9.84 Å². The Balaban J connectivity index is 2.00. The standard InChI is InChI=1S/C12H16O2Se/c1-9-7-12(11(8-13)14-9)15-10-5-3-2-4-6-10/h2-6,9,11-13H,7-8H2,1H3/t9?,11-,12-/m1/s1. The van der Waals surface area contributed by atoms with Gasteiger partial charge in [0, 0.05) is 0 Å². The third-order valence-corrected chi connectivity index (χ3v) is 5.41. The van der Waals surface area contributed by atoms with E-state index in [0.717, 1.165) is 6.42 Å². The summed E-state index contributed by atoms with van der Waals surface area (Å²) >= 11 is 0.416. The minimum atomic E-state index is 0.0557. The van der Waals surface area contributed by atoms with Crippen LogP contribution in [0.15, 0.2) is 30.3 Å². The Labute approximate surface area is 96.8 Å². The molecule has 82 valence electrons. The molecule has 3 atom stereocenters. The van der Waals surface area contributed by atoms with Crippen molar-refractivity contribution in [1.29, 1.82) is 0 Å². The van der Waals surface area contributed by atoms with Crippen molar-refractivity contribution in [2.75, 3.05) is 6.61 Å². The zero-order chi connectivity index (χ0) is 10.7. The number of ether oxygens (including phenoxy) is 1. The van der Waals surface area contributed by atoms with Crippen LogP contribution in [-0.4, -0.2) is 38.9 Å². The van der Waals surface area contributed by atoms with Crippen molar-refractivity contribution in [3.8, 4) is 0 Å². The van der Waals surface area contributed by atoms with Crippen LogP contribution in [0.4, 0.5) is 0 Å². The molecule has 0 spiro atoms. The molecule has 1 N–H and O–H groups in total. The van der Waals surface area contributed by atoms with Crippen molar-refractivity contribution in [1.82, 2.24) is 0 Å². The van der Waals surface area contributed by atoms with E-state index < -0.39 is 0 Å². The first kappa shape index (κ1) is 11.2. The average Bonchev–Trinajstić information content (AvgIpc) is 2.60. The Morgan fingerprint density at radius 1 is 1.40 bits per heavy atom. The maximum atomic E-state index is 9.22. The van der Waals surface area contributed by atoms with Crippen LogP contribution in [0.3, 0.4) is 0 Å². The van der Waals surface area contributed by atoms with E-state index in [9.17, 15) is 5.11 Å². The van der Waals surface area contributed by atoms with Crippen LogP contribution in [0.25, 0.3) is 0 Å². The van der Waals surface area contributed by atoms with Gasteiger partial charge in [0.05, 0.1) is 0 Å². The number of hydrogen-bond donors (Lipinski definition) is 1. The van der Waals surface area contributed by atoms with Gasteiger partial charge in [0.2, 0.25) is 0 Å². The number of hydrogen-bond acceptors (Lipinski definition) is 2. The average molecular weight is 271 g/mol. The van der Waals surface area contributed by atoms with Gasteiger partial charge in [0.1, 0.15) is 0 Å². The molecule has 0 radical (unpaired) electrons. The summed E-state index contributed by atoms with van der Waals surface area (Å²) in [5, 5.41) is 9.22. The second kappa shape index (κ2) is 5.13. The molecule has 2 nitrogen and oxygen atoms in total. The molecule has 1 aliphatic rings. The molecule has 0 saturated carbocycles. The second-order valence-corrected chi connectivity index (χ2v) is 6.63. The molecule has 1 heterocycles. The molecule has 0 bridgehead atoms. The summed E-state index contributed by atoms with van der Waals surface area (Å²) in [5.74, 6) is 0. The maximum absolute atomic E-state index is 9.22. The minimum absolute atomic E-state index is 0.0557. The zero-order valence-electron chi connectivity index (χ0n) is 8.80. The van der Waals surface area contributed by atoms with Crippen LogP contribution in [0, 0.1) is 0 Å². The van der Waals surface area contributed by atoms with Crippen LogP contribution in [0.5, 0.6) is 0 Å². The summed E-state index contributed by atoms with van der Waals surface area (Å²) in [5.41, 5.74) is 0. The molecule has 1 saturated heterocycles. The Morgan fingerprint density at radius 2 is 2.13 bits per heavy atom. The summed E-state index contributed by atoms with van der Waals surface area (Å²) < 4.78 is 7.06. The van der Waals surface area contributed by atoms with Crippen LogP contribution in [0.2, 0.25) is 4.82 Å². The molecule has 1 aromatic carbocycles. The Morgan fingerprint density at radius 3 is 2.80 bits per heavy atom. The van der Waals surface area contributed by atoms with E-state index in [1.54, 1.807) is 0 Å². The van der Waals surface area contributed by atoms with Crippen LogP contribution >= 0.6 is 0 Å². The zero-order valence-corrected chi connectivity index (χ0v) is 10.5. The molecule has 1 unspecified atom stereocenters. The molecule has 1 fully saturated rings. The number of benzene rings is 1. The molecule has 0 aromatic heterocycles. The monoisotopic (exact) mass is 272 g/mol. The Hall–Kier alpha value is -0.341. The van der Waals surface area contributed by atoms with Crippen molar-refractivity contribution >= 4 is 19.4 Å². The van der Waals surface area contributed by atoms with E-state index in [0.29, 0.717) is 25.9 Å². The fourth-order valence-electron chi connectivity index (χ4n) is 1.88. The van der Waals surface area contributed by atoms with Crippen LogP contribution in [0.1, 0.15) is 13.3 Å². The van der Waals surface area contributed by atoms with Crippen LogP contribution < -0.4 is 4.46 Å². The molecule has 1 aliphatic heterocycles. The SMILES string of the molecule is CC1C[C@@H]([Se]c2ccccc2)[C@@H](CO)O1. The van der Waals surface area contributed by atoms with Gasteiger partial charge in [0.25, 0.3) is 0 Å². The summed E-state index contributed by atoms with van der Waals surface area (Å²) in [6.45, 7) is 2.24. The summed E-state index contributed by atoms with van der Waals surface area (Å²) in [6.07, 6.45) is 1.44. The van der Waals surface area contributed by atoms with Gasteiger partial charge < -0.3 is 0 Å². The van der Waals surface area contributed by atoms with E-state index in [4.69, 9.17) is 4.74 Å². The van der Waals surface area contributed by atoms with E-state index in [2.05, 4.69) is 31.2 Å². The van der Waals surface area contributed by atoms with Crippen molar-refractivity contribution in [2.45, 2.75) is 30.4 Å². The van der Waals surface area contributed by atoms with Gasteiger partial charge in [-0.2, -0.15) is 0 Å². The van der Waals surface area contributed by atoms with E-state index in [1.807, 2.05) is 6.07 Å². The normalized spacial score (nSPS) is 30.7. The molecule has 0 aliphatic carbocycles. The fraction of sp³-hybridized carbons (Fsp3) is 0.500. The first-order valence-corrected chi connectivity index (χ1v) is 7.12. The van der Waals surface area contributed by atoms with Gasteiger partial charge in [-0.05, 0) is 0 Å². The van der Waals surface area contributed by atoms with Gasteiger partial charge in [-0.1, -0.05) is 0 Å². The topological polar surface area (TPSA) is 29.5 Å². The molecule has 1 aromatic rings. The van der Waals surface area contributed by atoms with Gasteiger partial charge in [-0.25, -0.2) is 0 Å². The van der Waals surface area contributed by atoms with Gasteiger partial charge in [-0.3, -0.25) is 0 Å². The molecule has 2 rings (SSSR count). The summed E-state index contributed by atoms with van der Waals surface area (Å²) in [7, 11) is 0. The van der Waals surface area contributed by atoms with Crippen LogP contribution in [-0.2, 0) is 4.74 Å². The summed E-state index contributed by atoms with van der Waals surface area (Å²) in [4.78, 5) is 0.528. The molecule has 0 amide bonds. The van der Waals surface area contributed by atoms with E-state index in [1.165, 1.54) is 4.46 Å². The predicted molar refractivity (Wildman–Crippen MR) is 61.6 cm³/mol. The second-order valence-electron chi connectivity index (χ2n) is 3.87. The molecular weight excluding hydrogens is 255 g/mol. The van der Waals surface area contributed by atoms with Crippen molar-refractivity contribution in [3.63, 3.8) is 0 Å². The fourth-order valence-corrected chi connectivity index (χ4v) is 4.68. The van der Waals surface area contributed by atoms with Gasteiger partial charge in [0.15, 0.2) is 0 Å². The van der Waals surface area contributed by atoms with E-state index >= 15 is 0 Å². The summed E-state index contributed by atoms with van der Waals surface area (Å²) in [6, 6.07) is 10.5. The number of rotatable bonds is 3. The predicted octanol–water partition coefficient (Wildman–Crippen LogP) is 0.974. The Bertz CT molecular complexity index is 302. The van der Waals surface area contributed by atoms with Crippen molar-refractivity contribution in [3.05, 3.63) is 30.3 Å². The number of aliphatic hydroxyl groups excluding tert-OH is 1. The number of aliphatic hydroxyl groups is 1. The molecular formula is C12H16O2Se.